The summed E-state index contributed by atoms with van der Waals surface area (Å²) in [6.07, 6.45) is -7.44. The fourth-order valence-corrected chi connectivity index (χ4v) is 12.2. The zero-order valence-electron chi connectivity index (χ0n) is 40.5. The van der Waals surface area contributed by atoms with E-state index in [9.17, 15) is 40.9 Å². The van der Waals surface area contributed by atoms with Crippen LogP contribution in [0, 0.1) is 0 Å². The summed E-state index contributed by atoms with van der Waals surface area (Å²) in [5.74, 6) is -1.82. The van der Waals surface area contributed by atoms with E-state index in [0.717, 1.165) is 0 Å². The summed E-state index contributed by atoms with van der Waals surface area (Å²) in [6.45, 7) is 8.19. The standard InChI is InChI=1S/C53H61NO18/c1-22-32(55)10-12-39(66-22)72-53-37(57)19-51(5,63)21-52(53,64)15-14-27-44(53)49-42-29(41(50(62)71-49)30-20-54-31-9-7-6-8-26(30)31)16-28(48(61)43(42)47(27)60)35-18-36(46(59)25(4)65-35)70-38-13-11-34(23(2)67-38)69-40-17-33(56)45(58)24(3)68-40/h6-9,14-16,20,22-25,32-36,38-40,45-46,55-56,58-61,63-64H,10-13,17-19,21H2,1-5H3/t22-,23-,24+,25+,32-,33+,34-,35+,36+,38-,39-,40-,45+,46+,51-,52-,53-/m0/s1. The highest BCUT2D eigenvalue weighted by Crippen LogP contribution is 2.59. The predicted molar refractivity (Wildman–Crippen MR) is 255 cm³/mol. The maximum absolute atomic E-state index is 15.0. The molecule has 7 aliphatic rings. The number of rotatable bonds is 7. The quantitative estimate of drug-likeness (QED) is 0.123. The van der Waals surface area contributed by atoms with E-state index in [0.29, 0.717) is 29.7 Å². The Kier molecular flexibility index (Phi) is 12.4. The Bertz CT molecular complexity index is 2990. The number of aliphatic imine (C=N–C) groups is 1. The Morgan fingerprint density at radius 1 is 0.750 bits per heavy atom. The molecule has 5 fully saturated rings. The van der Waals surface area contributed by atoms with Crippen molar-refractivity contribution in [2.24, 2.45) is 4.99 Å². The number of para-hydroxylation sites is 1. The number of fused-ring (bicyclic) bond motifs is 5. The van der Waals surface area contributed by atoms with Gasteiger partial charge in [0.1, 0.15) is 34.9 Å². The molecular formula is C53H61NO18. The van der Waals surface area contributed by atoms with E-state index in [4.69, 9.17) is 37.6 Å². The van der Waals surface area contributed by atoms with Crippen LogP contribution >= 0.6 is 0 Å². The van der Waals surface area contributed by atoms with Crippen LogP contribution in [-0.4, -0.2) is 144 Å². The predicted octanol–water partition coefficient (Wildman–Crippen LogP) is 3.32. The van der Waals surface area contributed by atoms with E-state index in [-0.39, 0.29) is 69.3 Å². The molecule has 0 bridgehead atoms. The highest BCUT2D eigenvalue weighted by atomic mass is 16.7. The number of carbonyl (C=O) groups excluding carboxylic acids is 1. The van der Waals surface area contributed by atoms with Crippen LogP contribution in [0.1, 0.15) is 114 Å². The number of hydrogen-bond acceptors (Lipinski definition) is 19. The van der Waals surface area contributed by atoms with E-state index < -0.39 is 139 Å². The second kappa shape index (κ2) is 18.0. The molecule has 0 spiro atoms. The molecule has 8 N–H and O–H groups in total. The van der Waals surface area contributed by atoms with E-state index in [2.05, 4.69) is 4.99 Å². The summed E-state index contributed by atoms with van der Waals surface area (Å²) in [6, 6.07) is 8.71. The maximum Gasteiger partial charge on any atom is 0.344 e. The van der Waals surface area contributed by atoms with Crippen LogP contribution in [0.4, 0.5) is 5.69 Å². The lowest BCUT2D eigenvalue weighted by molar-refractivity contribution is -0.306. The third-order valence-electron chi connectivity index (χ3n) is 15.9. The molecule has 1 aromatic heterocycles. The van der Waals surface area contributed by atoms with Crippen LogP contribution in [0.25, 0.3) is 33.4 Å². The molecule has 2 aliphatic carbocycles. The van der Waals surface area contributed by atoms with Gasteiger partial charge in [-0.25, -0.2) is 4.79 Å². The number of phenolic OH excluding ortho intramolecular Hbond substituents is 2. The van der Waals surface area contributed by atoms with Crippen LogP contribution in [0.15, 0.2) is 50.6 Å². The van der Waals surface area contributed by atoms with Crippen molar-refractivity contribution in [3.63, 3.8) is 0 Å². The summed E-state index contributed by atoms with van der Waals surface area (Å²) in [7, 11) is 0. The Balaban J connectivity index is 1.03. The average Bonchev–Trinajstić information content (AvgIpc) is 3.74. The lowest BCUT2D eigenvalue weighted by Gasteiger charge is -2.54. The number of nitrogens with zero attached hydrogens (tertiary/aromatic N) is 1. The number of ether oxygens (including phenoxy) is 7. The minimum atomic E-state index is -2.47. The Hall–Kier alpha value is -4.71. The average molecular weight is 1000 g/mol. The molecule has 3 aromatic carbocycles. The van der Waals surface area contributed by atoms with Gasteiger partial charge in [-0.3, -0.25) is 9.79 Å². The van der Waals surface area contributed by atoms with Crippen molar-refractivity contribution in [3.8, 4) is 11.5 Å². The number of Topliss-reactive ketones (excluding diaryl/α,β-unsaturated/α-hetero) is 1. The van der Waals surface area contributed by atoms with Crippen molar-refractivity contribution in [3.05, 3.63) is 74.3 Å². The molecule has 19 heteroatoms. The molecule has 4 aromatic rings. The SMILES string of the molecule is C[C@@H]1O[C@@H](O[C@@H]2C[C@H](c3cc4c(=C5C=Nc6ccccc65)c(=O)oc5c6c(c(O)c(c3O)c54)C=C[C@]3(O)C[C@@](C)(O)CC(=O)[C@]63O[C@H]3CC[C@H](O)[C@H](C)O3)O[C@H](C)[C@H]2O)CC[C@@H]1O[C@H]1C[C@@H](O)[C@H](O)[C@@H](C)O1. The third kappa shape index (κ3) is 7.95. The second-order valence-electron chi connectivity index (χ2n) is 21.1. The zero-order valence-corrected chi connectivity index (χ0v) is 40.5. The van der Waals surface area contributed by atoms with Crippen molar-refractivity contribution in [1.29, 1.82) is 0 Å². The van der Waals surface area contributed by atoms with Crippen molar-refractivity contribution < 1.29 is 83.2 Å². The first-order valence-corrected chi connectivity index (χ1v) is 24.9. The fourth-order valence-electron chi connectivity index (χ4n) is 12.2. The first kappa shape index (κ1) is 49.5. The molecule has 72 heavy (non-hydrogen) atoms. The fraction of sp³-hybridized carbons (Fsp3) is 0.566. The summed E-state index contributed by atoms with van der Waals surface area (Å²) >= 11 is 0. The molecule has 19 nitrogen and oxygen atoms in total. The molecule has 0 amide bonds. The minimum Gasteiger partial charge on any atom is -0.507 e. The second-order valence-corrected chi connectivity index (χ2v) is 21.1. The number of aliphatic hydroxyl groups is 6. The zero-order chi connectivity index (χ0) is 50.9. The number of hydrogen-bond donors (Lipinski definition) is 8. The van der Waals surface area contributed by atoms with Gasteiger partial charge in [0.2, 0.25) is 0 Å². The molecule has 0 radical (unpaired) electrons. The highest BCUT2D eigenvalue weighted by molar-refractivity contribution is 6.22. The maximum atomic E-state index is 15.0. The van der Waals surface area contributed by atoms with Gasteiger partial charge in [0.05, 0.1) is 76.8 Å². The molecule has 11 rings (SSSR count). The number of aromatic hydroxyl groups is 2. The van der Waals surface area contributed by atoms with Gasteiger partial charge >= 0.3 is 5.63 Å². The summed E-state index contributed by atoms with van der Waals surface area (Å²) in [5.41, 5.74) is -6.35. The first-order chi connectivity index (χ1) is 34.2. The minimum absolute atomic E-state index is 0.00308. The topological polar surface area (TPSA) is 286 Å². The van der Waals surface area contributed by atoms with E-state index in [1.807, 2.05) is 6.92 Å². The Morgan fingerprint density at radius 2 is 1.46 bits per heavy atom. The van der Waals surface area contributed by atoms with Crippen LogP contribution < -0.4 is 10.8 Å². The molecule has 6 heterocycles. The van der Waals surface area contributed by atoms with Gasteiger partial charge in [-0.2, -0.15) is 0 Å². The van der Waals surface area contributed by atoms with Gasteiger partial charge in [0.15, 0.2) is 30.3 Å². The van der Waals surface area contributed by atoms with Crippen LogP contribution in [0.5, 0.6) is 11.5 Å². The molecule has 4 saturated heterocycles. The lowest BCUT2D eigenvalue weighted by atomic mass is 9.59. The van der Waals surface area contributed by atoms with Crippen LogP contribution in [0.3, 0.4) is 0 Å². The van der Waals surface area contributed by atoms with Gasteiger partial charge < -0.3 is 78.4 Å². The molecule has 17 atom stereocenters. The lowest BCUT2D eigenvalue weighted by Crippen LogP contribution is -2.67. The number of benzene rings is 3. The largest absolute Gasteiger partial charge is 0.507 e. The summed E-state index contributed by atoms with van der Waals surface area (Å²) in [5, 5.41) is 92.2. The summed E-state index contributed by atoms with van der Waals surface area (Å²) in [4.78, 5) is 34.6. The van der Waals surface area contributed by atoms with Gasteiger partial charge in [0, 0.05) is 83.3 Å². The van der Waals surface area contributed by atoms with Crippen LogP contribution in [-0.2, 0) is 43.6 Å². The van der Waals surface area contributed by atoms with Crippen LogP contribution in [0.2, 0.25) is 0 Å². The number of carbonyl (C=O) groups is 1. The highest BCUT2D eigenvalue weighted by Gasteiger charge is 2.67. The van der Waals surface area contributed by atoms with Gasteiger partial charge in [0.25, 0.3) is 0 Å². The van der Waals surface area contributed by atoms with Gasteiger partial charge in [-0.1, -0.05) is 24.3 Å². The van der Waals surface area contributed by atoms with E-state index in [1.165, 1.54) is 25.3 Å². The molecule has 0 unspecified atom stereocenters. The molecule has 386 valence electrons. The van der Waals surface area contributed by atoms with Crippen molar-refractivity contribution in [2.75, 3.05) is 0 Å². The van der Waals surface area contributed by atoms with E-state index in [1.54, 1.807) is 51.1 Å². The van der Waals surface area contributed by atoms with Crippen molar-refractivity contribution in [1.82, 2.24) is 0 Å². The molecule has 1 saturated carbocycles. The van der Waals surface area contributed by atoms with E-state index >= 15 is 9.59 Å². The number of ketones is 1. The van der Waals surface area contributed by atoms with Crippen molar-refractivity contribution >= 4 is 51.1 Å². The summed E-state index contributed by atoms with van der Waals surface area (Å²) < 4.78 is 50.3. The number of phenols is 2. The molecular weight excluding hydrogens is 939 g/mol. The molecule has 5 aliphatic heterocycles. The van der Waals surface area contributed by atoms with Crippen molar-refractivity contribution in [2.45, 2.75) is 189 Å². The van der Waals surface area contributed by atoms with Gasteiger partial charge in [-0.15, -0.1) is 0 Å². The number of aliphatic hydroxyl groups excluding tert-OH is 4. The third-order valence-corrected chi connectivity index (χ3v) is 15.9. The Morgan fingerprint density at radius 3 is 2.21 bits per heavy atom. The smallest absolute Gasteiger partial charge is 0.344 e. The monoisotopic (exact) mass is 999 g/mol. The van der Waals surface area contributed by atoms with Gasteiger partial charge in [-0.05, 0) is 65.7 Å². The first-order valence-electron chi connectivity index (χ1n) is 24.9. The normalized spacial score (nSPS) is 40.6. The Labute approximate surface area is 412 Å².